The zero-order valence-electron chi connectivity index (χ0n) is 11.6. The van der Waals surface area contributed by atoms with Gasteiger partial charge in [0.1, 0.15) is 0 Å². The zero-order chi connectivity index (χ0) is 13.6. The highest BCUT2D eigenvalue weighted by Gasteiger charge is 2.25. The van der Waals surface area contributed by atoms with E-state index in [2.05, 4.69) is 10.2 Å². The maximum absolute atomic E-state index is 12.0. The second-order valence-corrected chi connectivity index (χ2v) is 5.55. The summed E-state index contributed by atoms with van der Waals surface area (Å²) in [4.78, 5) is 14.1. The van der Waals surface area contributed by atoms with E-state index in [1.54, 1.807) is 0 Å². The van der Waals surface area contributed by atoms with Gasteiger partial charge in [0.05, 0.1) is 6.54 Å². The molecule has 0 saturated carbocycles. The molecule has 106 valence electrons. The number of nitrogens with two attached hydrogens (primary N) is 1. The predicted molar refractivity (Wildman–Crippen MR) is 72.2 cm³/mol. The SMILES string of the molecule is CCC(C)(CCO)NC(=O)CN1CCC(N)CC1. The Morgan fingerprint density at radius 3 is 2.61 bits per heavy atom. The smallest absolute Gasteiger partial charge is 0.234 e. The third kappa shape index (κ3) is 4.92. The average molecular weight is 257 g/mol. The van der Waals surface area contributed by atoms with Gasteiger partial charge in [-0.15, -0.1) is 0 Å². The second-order valence-electron chi connectivity index (χ2n) is 5.55. The van der Waals surface area contributed by atoms with E-state index in [-0.39, 0.29) is 18.1 Å². The molecule has 1 fully saturated rings. The molecule has 5 heteroatoms. The van der Waals surface area contributed by atoms with Gasteiger partial charge < -0.3 is 16.2 Å². The molecule has 1 saturated heterocycles. The van der Waals surface area contributed by atoms with Crippen LogP contribution in [0.5, 0.6) is 0 Å². The van der Waals surface area contributed by atoms with E-state index in [1.807, 2.05) is 13.8 Å². The maximum atomic E-state index is 12.0. The van der Waals surface area contributed by atoms with Crippen LogP contribution in [0.2, 0.25) is 0 Å². The first-order chi connectivity index (χ1) is 8.49. The summed E-state index contributed by atoms with van der Waals surface area (Å²) in [6.07, 6.45) is 3.36. The Hall–Kier alpha value is -0.650. The summed E-state index contributed by atoms with van der Waals surface area (Å²) >= 11 is 0. The number of likely N-dealkylation sites (tertiary alicyclic amines) is 1. The van der Waals surface area contributed by atoms with E-state index >= 15 is 0 Å². The average Bonchev–Trinajstić information content (AvgIpc) is 2.32. The molecular weight excluding hydrogens is 230 g/mol. The van der Waals surface area contributed by atoms with Crippen LogP contribution in [0.4, 0.5) is 0 Å². The number of nitrogens with one attached hydrogen (secondary N) is 1. The van der Waals surface area contributed by atoms with Crippen LogP contribution in [-0.4, -0.2) is 53.7 Å². The Kier molecular flexibility index (Phi) is 6.05. The highest BCUT2D eigenvalue weighted by atomic mass is 16.3. The van der Waals surface area contributed by atoms with Crippen molar-refractivity contribution in [3.05, 3.63) is 0 Å². The van der Waals surface area contributed by atoms with E-state index in [0.717, 1.165) is 32.4 Å². The van der Waals surface area contributed by atoms with E-state index in [0.29, 0.717) is 19.0 Å². The number of hydrogen-bond acceptors (Lipinski definition) is 4. The summed E-state index contributed by atoms with van der Waals surface area (Å²) in [5, 5.41) is 12.1. The summed E-state index contributed by atoms with van der Waals surface area (Å²) < 4.78 is 0. The Labute approximate surface area is 110 Å². The molecule has 0 aliphatic carbocycles. The fourth-order valence-corrected chi connectivity index (χ4v) is 2.26. The number of piperidine rings is 1. The molecule has 0 radical (unpaired) electrons. The van der Waals surface area contributed by atoms with Crippen molar-refractivity contribution in [3.8, 4) is 0 Å². The largest absolute Gasteiger partial charge is 0.396 e. The molecule has 1 aliphatic heterocycles. The van der Waals surface area contributed by atoms with Crippen molar-refractivity contribution < 1.29 is 9.90 Å². The topological polar surface area (TPSA) is 78.6 Å². The Morgan fingerprint density at radius 1 is 1.50 bits per heavy atom. The lowest BCUT2D eigenvalue weighted by atomic mass is 9.95. The zero-order valence-corrected chi connectivity index (χ0v) is 11.6. The summed E-state index contributed by atoms with van der Waals surface area (Å²) in [6, 6.07) is 0.291. The Bertz CT molecular complexity index is 265. The fraction of sp³-hybridized carbons (Fsp3) is 0.923. The van der Waals surface area contributed by atoms with Crippen molar-refractivity contribution in [1.29, 1.82) is 0 Å². The normalized spacial score (nSPS) is 21.6. The molecule has 0 aromatic heterocycles. The van der Waals surface area contributed by atoms with Crippen molar-refractivity contribution in [3.63, 3.8) is 0 Å². The first-order valence-corrected chi connectivity index (χ1v) is 6.89. The van der Waals surface area contributed by atoms with Crippen molar-refractivity contribution in [2.75, 3.05) is 26.2 Å². The minimum absolute atomic E-state index is 0.0447. The van der Waals surface area contributed by atoms with Crippen molar-refractivity contribution in [1.82, 2.24) is 10.2 Å². The van der Waals surface area contributed by atoms with Crippen LogP contribution in [0.1, 0.15) is 39.5 Å². The van der Waals surface area contributed by atoms with Gasteiger partial charge in [-0.3, -0.25) is 9.69 Å². The van der Waals surface area contributed by atoms with Crippen molar-refractivity contribution in [2.45, 2.75) is 51.1 Å². The molecule has 18 heavy (non-hydrogen) atoms. The molecule has 1 atom stereocenters. The first kappa shape index (κ1) is 15.4. The number of carbonyl (C=O) groups excluding carboxylic acids is 1. The van der Waals surface area contributed by atoms with Gasteiger partial charge in [0.2, 0.25) is 5.91 Å². The maximum Gasteiger partial charge on any atom is 0.234 e. The fourth-order valence-electron chi connectivity index (χ4n) is 2.26. The Balaban J connectivity index is 2.36. The molecule has 1 rings (SSSR count). The van der Waals surface area contributed by atoms with Gasteiger partial charge in [-0.1, -0.05) is 6.92 Å². The van der Waals surface area contributed by atoms with Gasteiger partial charge in [-0.25, -0.2) is 0 Å². The third-order valence-electron chi connectivity index (χ3n) is 3.88. The number of nitrogens with zero attached hydrogens (tertiary/aromatic N) is 1. The number of rotatable bonds is 6. The third-order valence-corrected chi connectivity index (χ3v) is 3.88. The van der Waals surface area contributed by atoms with Gasteiger partial charge in [-0.2, -0.15) is 0 Å². The summed E-state index contributed by atoms with van der Waals surface area (Å²) in [6.45, 7) is 6.34. The van der Waals surface area contributed by atoms with E-state index in [4.69, 9.17) is 10.8 Å². The molecular formula is C13H27N3O2. The second kappa shape index (κ2) is 7.07. The van der Waals surface area contributed by atoms with Crippen LogP contribution < -0.4 is 11.1 Å². The van der Waals surface area contributed by atoms with Crippen molar-refractivity contribution in [2.24, 2.45) is 5.73 Å². The predicted octanol–water partition coefficient (Wildman–Crippen LogP) is 0.0768. The monoisotopic (exact) mass is 257 g/mol. The lowest BCUT2D eigenvalue weighted by molar-refractivity contribution is -0.124. The molecule has 0 bridgehead atoms. The van der Waals surface area contributed by atoms with Crippen LogP contribution >= 0.6 is 0 Å². The summed E-state index contributed by atoms with van der Waals surface area (Å²) in [5.74, 6) is 0.0447. The van der Waals surface area contributed by atoms with Gasteiger partial charge in [0.25, 0.3) is 0 Å². The Morgan fingerprint density at radius 2 is 2.11 bits per heavy atom. The van der Waals surface area contributed by atoms with Crippen LogP contribution in [0.25, 0.3) is 0 Å². The molecule has 0 aromatic carbocycles. The highest BCUT2D eigenvalue weighted by Crippen LogP contribution is 2.14. The number of carbonyl (C=O) groups is 1. The number of aliphatic hydroxyl groups is 1. The van der Waals surface area contributed by atoms with Gasteiger partial charge in [0, 0.05) is 31.3 Å². The van der Waals surface area contributed by atoms with Crippen LogP contribution in [0, 0.1) is 0 Å². The number of aliphatic hydroxyl groups excluding tert-OH is 1. The van der Waals surface area contributed by atoms with Crippen molar-refractivity contribution >= 4 is 5.91 Å². The van der Waals surface area contributed by atoms with Gasteiger partial charge in [0.15, 0.2) is 0 Å². The lowest BCUT2D eigenvalue weighted by Crippen LogP contribution is -2.51. The summed E-state index contributed by atoms with van der Waals surface area (Å²) in [5.41, 5.74) is 5.54. The lowest BCUT2D eigenvalue weighted by Gasteiger charge is -2.33. The van der Waals surface area contributed by atoms with Crippen LogP contribution in [0.3, 0.4) is 0 Å². The molecule has 0 aromatic rings. The minimum atomic E-state index is -0.294. The van der Waals surface area contributed by atoms with Gasteiger partial charge in [-0.05, 0) is 32.6 Å². The molecule has 5 nitrogen and oxygen atoms in total. The molecule has 0 spiro atoms. The minimum Gasteiger partial charge on any atom is -0.396 e. The van der Waals surface area contributed by atoms with Crippen LogP contribution in [0.15, 0.2) is 0 Å². The molecule has 1 amide bonds. The number of amides is 1. The standard InChI is InChI=1S/C13H27N3O2/c1-3-13(2,6-9-17)15-12(18)10-16-7-4-11(14)5-8-16/h11,17H,3-10,14H2,1-2H3,(H,15,18). The molecule has 1 unspecified atom stereocenters. The quantitative estimate of drug-likeness (QED) is 0.629. The van der Waals surface area contributed by atoms with Crippen LogP contribution in [-0.2, 0) is 4.79 Å². The van der Waals surface area contributed by atoms with E-state index in [9.17, 15) is 4.79 Å². The highest BCUT2D eigenvalue weighted by molar-refractivity contribution is 5.78. The molecule has 1 aliphatic rings. The van der Waals surface area contributed by atoms with E-state index in [1.165, 1.54) is 0 Å². The summed E-state index contributed by atoms with van der Waals surface area (Å²) in [7, 11) is 0. The van der Waals surface area contributed by atoms with Gasteiger partial charge >= 0.3 is 0 Å². The van der Waals surface area contributed by atoms with E-state index < -0.39 is 0 Å². The number of hydrogen-bond donors (Lipinski definition) is 3. The molecule has 1 heterocycles. The molecule has 4 N–H and O–H groups in total. The first-order valence-electron chi connectivity index (χ1n) is 6.89.